The first-order valence-corrected chi connectivity index (χ1v) is 3.36. The van der Waals surface area contributed by atoms with E-state index in [-0.39, 0.29) is 0 Å². The molecule has 0 atom stereocenters. The molecule has 0 unspecified atom stereocenters. The molecule has 0 aliphatic rings. The fourth-order valence-corrected chi connectivity index (χ4v) is 1.05. The molecular weight excluding hydrogens is 138 g/mol. The van der Waals surface area contributed by atoms with Crippen molar-refractivity contribution in [3.63, 3.8) is 0 Å². The summed E-state index contributed by atoms with van der Waals surface area (Å²) in [5.41, 5.74) is 0. The second kappa shape index (κ2) is 2.23. The van der Waals surface area contributed by atoms with E-state index in [1.165, 1.54) is 6.20 Å². The summed E-state index contributed by atoms with van der Waals surface area (Å²) in [5.74, 6) is 0. The van der Waals surface area contributed by atoms with Crippen molar-refractivity contribution in [2.45, 2.75) is 0 Å². The van der Waals surface area contributed by atoms with Gasteiger partial charge in [-0.1, -0.05) is 18.2 Å². The minimum Gasteiger partial charge on any atom is -0.618 e. The molecular formula is C9H6NO. The molecule has 1 aromatic carbocycles. The average Bonchev–Trinajstić information content (AvgIpc) is 2.04. The predicted molar refractivity (Wildman–Crippen MR) is 41.7 cm³/mol. The van der Waals surface area contributed by atoms with E-state index in [9.17, 15) is 5.21 Å². The van der Waals surface area contributed by atoms with Crippen LogP contribution in [0.1, 0.15) is 0 Å². The Labute approximate surface area is 64.3 Å². The molecule has 1 radical (unpaired) electrons. The summed E-state index contributed by atoms with van der Waals surface area (Å²) in [4.78, 5) is 0. The normalized spacial score (nSPS) is 10.2. The number of benzene rings is 1. The van der Waals surface area contributed by atoms with Gasteiger partial charge in [-0.2, -0.15) is 4.73 Å². The number of pyridine rings is 1. The van der Waals surface area contributed by atoms with Gasteiger partial charge in [-0.25, -0.2) is 0 Å². The highest BCUT2D eigenvalue weighted by Crippen LogP contribution is 2.08. The molecule has 2 heteroatoms. The first-order valence-electron chi connectivity index (χ1n) is 3.36. The quantitative estimate of drug-likeness (QED) is 0.404. The minimum atomic E-state index is 0.683. The van der Waals surface area contributed by atoms with Gasteiger partial charge in [0.2, 0.25) is 0 Å². The summed E-state index contributed by atoms with van der Waals surface area (Å²) in [6.07, 6.45) is 4.10. The van der Waals surface area contributed by atoms with Crippen LogP contribution in [-0.4, -0.2) is 0 Å². The minimum absolute atomic E-state index is 0.683. The molecule has 1 aromatic heterocycles. The Morgan fingerprint density at radius 1 is 1.18 bits per heavy atom. The molecule has 0 aliphatic carbocycles. The van der Waals surface area contributed by atoms with E-state index in [0.29, 0.717) is 4.73 Å². The van der Waals surface area contributed by atoms with Crippen LogP contribution >= 0.6 is 0 Å². The van der Waals surface area contributed by atoms with Gasteiger partial charge in [0.25, 0.3) is 6.20 Å². The largest absolute Gasteiger partial charge is 0.618 e. The van der Waals surface area contributed by atoms with Crippen LogP contribution in [0, 0.1) is 11.4 Å². The smallest absolute Gasteiger partial charge is 0.298 e. The van der Waals surface area contributed by atoms with Gasteiger partial charge in [-0.05, 0) is 11.5 Å². The van der Waals surface area contributed by atoms with Crippen molar-refractivity contribution in [3.05, 3.63) is 47.9 Å². The monoisotopic (exact) mass is 144 g/mol. The Bertz CT molecular complexity index is 384. The Hall–Kier alpha value is -1.57. The van der Waals surface area contributed by atoms with Crippen molar-refractivity contribution in [1.29, 1.82) is 0 Å². The zero-order valence-electron chi connectivity index (χ0n) is 5.82. The third-order valence-corrected chi connectivity index (χ3v) is 1.58. The third kappa shape index (κ3) is 1.03. The topological polar surface area (TPSA) is 26.9 Å². The van der Waals surface area contributed by atoms with Crippen LogP contribution in [0.3, 0.4) is 0 Å². The molecule has 2 aromatic rings. The van der Waals surface area contributed by atoms with Crippen molar-refractivity contribution in [2.24, 2.45) is 0 Å². The van der Waals surface area contributed by atoms with Crippen molar-refractivity contribution < 1.29 is 4.73 Å². The molecule has 0 N–H and O–H groups in total. The first-order chi connectivity index (χ1) is 5.36. The molecule has 2 rings (SSSR count). The van der Waals surface area contributed by atoms with Crippen LogP contribution in [0.4, 0.5) is 0 Å². The molecule has 11 heavy (non-hydrogen) atoms. The third-order valence-electron chi connectivity index (χ3n) is 1.58. The zero-order chi connectivity index (χ0) is 7.68. The number of aromatic nitrogens is 1. The number of hydrogen-bond acceptors (Lipinski definition) is 1. The van der Waals surface area contributed by atoms with E-state index >= 15 is 0 Å². The fraction of sp³-hybridized carbons (Fsp3) is 0. The van der Waals surface area contributed by atoms with Crippen molar-refractivity contribution in [2.75, 3.05) is 0 Å². The average molecular weight is 144 g/mol. The number of fused-ring (bicyclic) bond motifs is 1. The molecule has 0 fully saturated rings. The summed E-state index contributed by atoms with van der Waals surface area (Å²) in [5, 5.41) is 12.6. The lowest BCUT2D eigenvalue weighted by Crippen LogP contribution is -2.24. The summed E-state index contributed by atoms with van der Waals surface area (Å²) in [6.45, 7) is 0. The van der Waals surface area contributed by atoms with Gasteiger partial charge in [0, 0.05) is 6.07 Å². The zero-order valence-corrected chi connectivity index (χ0v) is 5.82. The molecule has 0 bridgehead atoms. The molecule has 0 amide bonds. The Morgan fingerprint density at radius 3 is 2.91 bits per heavy atom. The van der Waals surface area contributed by atoms with Gasteiger partial charge in [0.05, 0.1) is 5.39 Å². The lowest BCUT2D eigenvalue weighted by Gasteiger charge is -1.95. The summed E-state index contributed by atoms with van der Waals surface area (Å²) >= 11 is 0. The number of nitrogens with zero attached hydrogens (tertiary/aromatic N) is 1. The van der Waals surface area contributed by atoms with Gasteiger partial charge in [-0.15, -0.1) is 0 Å². The Morgan fingerprint density at radius 2 is 2.00 bits per heavy atom. The maximum absolute atomic E-state index is 10.7. The molecule has 0 saturated carbocycles. The van der Waals surface area contributed by atoms with Gasteiger partial charge >= 0.3 is 0 Å². The van der Waals surface area contributed by atoms with Gasteiger partial charge in [0.15, 0.2) is 6.20 Å². The summed E-state index contributed by atoms with van der Waals surface area (Å²) < 4.78 is 0.683. The van der Waals surface area contributed by atoms with E-state index in [0.717, 1.165) is 10.8 Å². The second-order valence-electron chi connectivity index (χ2n) is 2.34. The summed E-state index contributed by atoms with van der Waals surface area (Å²) in [6, 6.07) is 9.42. The van der Waals surface area contributed by atoms with E-state index in [2.05, 4.69) is 6.20 Å². The Kier molecular flexibility index (Phi) is 1.25. The van der Waals surface area contributed by atoms with E-state index < -0.39 is 0 Å². The number of rotatable bonds is 0. The maximum Gasteiger partial charge on any atom is 0.298 e. The van der Waals surface area contributed by atoms with Crippen LogP contribution in [0.25, 0.3) is 10.8 Å². The van der Waals surface area contributed by atoms with Crippen LogP contribution in [-0.2, 0) is 0 Å². The highest BCUT2D eigenvalue weighted by Gasteiger charge is 1.95. The molecule has 1 heterocycles. The van der Waals surface area contributed by atoms with Gasteiger partial charge < -0.3 is 5.21 Å². The first kappa shape index (κ1) is 6.16. The highest BCUT2D eigenvalue weighted by molar-refractivity contribution is 5.79. The molecule has 53 valence electrons. The van der Waals surface area contributed by atoms with Gasteiger partial charge in [-0.3, -0.25) is 0 Å². The molecule has 2 nitrogen and oxygen atoms in total. The van der Waals surface area contributed by atoms with Crippen molar-refractivity contribution >= 4 is 10.8 Å². The SMILES string of the molecule is [O-][n+]1[c]c2ccccc2cc1. The van der Waals surface area contributed by atoms with E-state index in [1.54, 1.807) is 6.07 Å². The predicted octanol–water partition coefficient (Wildman–Crippen LogP) is 1.27. The second-order valence-corrected chi connectivity index (χ2v) is 2.34. The maximum atomic E-state index is 10.7. The molecule has 0 spiro atoms. The van der Waals surface area contributed by atoms with Gasteiger partial charge in [0.1, 0.15) is 0 Å². The molecule has 0 aliphatic heterocycles. The highest BCUT2D eigenvalue weighted by atomic mass is 16.5. The number of hydrogen-bond donors (Lipinski definition) is 0. The fourth-order valence-electron chi connectivity index (χ4n) is 1.05. The van der Waals surface area contributed by atoms with Crippen LogP contribution in [0.2, 0.25) is 0 Å². The van der Waals surface area contributed by atoms with E-state index in [4.69, 9.17) is 0 Å². The van der Waals surface area contributed by atoms with Crippen molar-refractivity contribution in [1.82, 2.24) is 0 Å². The molecule has 0 saturated heterocycles. The lowest BCUT2D eigenvalue weighted by atomic mass is 10.2. The van der Waals surface area contributed by atoms with Crippen LogP contribution in [0.15, 0.2) is 36.5 Å². The lowest BCUT2D eigenvalue weighted by molar-refractivity contribution is -0.608. The summed E-state index contributed by atoms with van der Waals surface area (Å²) in [7, 11) is 0. The van der Waals surface area contributed by atoms with Crippen LogP contribution in [0.5, 0.6) is 0 Å². The Balaban J connectivity index is 2.83. The van der Waals surface area contributed by atoms with Crippen LogP contribution < -0.4 is 4.73 Å². The van der Waals surface area contributed by atoms with E-state index in [1.807, 2.05) is 24.3 Å². The standard InChI is InChI=1S/C9H6NO/c11-10-6-5-8-3-1-2-4-9(8)7-10/h1-6H. The van der Waals surface area contributed by atoms with Crippen molar-refractivity contribution in [3.8, 4) is 0 Å².